The lowest BCUT2D eigenvalue weighted by Crippen LogP contribution is -2.54. The van der Waals surface area contributed by atoms with Crippen molar-refractivity contribution in [2.75, 3.05) is 30.0 Å². The summed E-state index contributed by atoms with van der Waals surface area (Å²) in [5.41, 5.74) is 0.277. The lowest BCUT2D eigenvalue weighted by atomic mass is 10.1. The van der Waals surface area contributed by atoms with Gasteiger partial charge in [0, 0.05) is 54.7 Å². The molecule has 0 atom stereocenters. The third kappa shape index (κ3) is 11.2. The number of hydrogen-bond donors (Lipinski definition) is 1. The second-order valence-corrected chi connectivity index (χ2v) is 16.0. The van der Waals surface area contributed by atoms with E-state index in [0.717, 1.165) is 22.4 Å². The number of carboxylic acid groups (broad SMARTS) is 1. The molecule has 8 aromatic rings. The van der Waals surface area contributed by atoms with Gasteiger partial charge in [-0.1, -0.05) is 17.7 Å². The van der Waals surface area contributed by atoms with Gasteiger partial charge in [-0.25, -0.2) is 14.8 Å². The first kappa shape index (κ1) is 48.0. The van der Waals surface area contributed by atoms with Crippen LogP contribution in [0.1, 0.15) is 49.7 Å². The van der Waals surface area contributed by atoms with Crippen LogP contribution in [0, 0.1) is 0 Å². The Labute approximate surface area is 386 Å². The maximum atomic E-state index is 12.8. The van der Waals surface area contributed by atoms with Crippen LogP contribution in [-0.2, 0) is 30.2 Å². The molecule has 68 heavy (non-hydrogen) atoms. The first-order valence-corrected chi connectivity index (χ1v) is 20.5. The number of rotatable bonds is 13. The average molecular weight is 984 g/mol. The fourth-order valence-corrected chi connectivity index (χ4v) is 7.76. The van der Waals surface area contributed by atoms with Crippen molar-refractivity contribution in [3.8, 4) is 21.4 Å². The minimum absolute atomic E-state index is 0. The molecule has 0 radical (unpaired) electrons. The summed E-state index contributed by atoms with van der Waals surface area (Å²) < 4.78 is 90.3. The third-order valence-electron chi connectivity index (χ3n) is 9.18. The summed E-state index contributed by atoms with van der Waals surface area (Å²) in [7, 11) is 1.60. The van der Waals surface area contributed by atoms with E-state index in [1.807, 2.05) is 0 Å². The van der Waals surface area contributed by atoms with Gasteiger partial charge in [0.15, 0.2) is 23.3 Å². The molecule has 1 fully saturated rings. The van der Waals surface area contributed by atoms with E-state index in [1.54, 1.807) is 52.1 Å². The summed E-state index contributed by atoms with van der Waals surface area (Å²) in [6.07, 6.45) is 1.98. The van der Waals surface area contributed by atoms with Crippen molar-refractivity contribution >= 4 is 57.8 Å². The van der Waals surface area contributed by atoms with Crippen LogP contribution in [0.15, 0.2) is 95.0 Å². The van der Waals surface area contributed by atoms with Gasteiger partial charge in [-0.3, -0.25) is 14.8 Å². The van der Waals surface area contributed by atoms with E-state index in [4.69, 9.17) is 4.74 Å². The number of nitrogens with zero attached hydrogens (tertiary/aromatic N) is 15. The molecule has 0 saturated carbocycles. The summed E-state index contributed by atoms with van der Waals surface area (Å²) >= 11 is 2.31. The molecule has 0 bridgehead atoms. The quantitative estimate of drug-likeness (QED) is 0.111. The highest BCUT2D eigenvalue weighted by Crippen LogP contribution is 2.35. The number of thiophene rings is 2. The number of carboxylic acids is 1. The SMILES string of the molecule is C.COC1CN(C(=O)c2cnnc(N(Cc3ccc(-c4noc(C(F)(F)F)n4)s3)c3cnccn3)c2)C1.O=C(O)c1cnnc(N(Cc2ccc(-c3noc(C(F)(F)F)n3)s2)c2cnccn2)c1. The molecule has 0 spiro atoms. The van der Waals surface area contributed by atoms with E-state index >= 15 is 0 Å². The van der Waals surface area contributed by atoms with Crippen molar-refractivity contribution in [3.05, 3.63) is 119 Å². The fourth-order valence-electron chi connectivity index (χ4n) is 5.92. The molecule has 21 nitrogen and oxygen atoms in total. The Morgan fingerprint density at radius 3 is 1.60 bits per heavy atom. The van der Waals surface area contributed by atoms with Crippen molar-refractivity contribution in [1.82, 2.24) is 65.5 Å². The first-order valence-electron chi connectivity index (χ1n) is 18.9. The Kier molecular flexibility index (Phi) is 14.3. The molecule has 1 amide bonds. The predicted molar refractivity (Wildman–Crippen MR) is 225 cm³/mol. The smallest absolute Gasteiger partial charge is 0.471 e. The number of ether oxygens (including phenoxy) is 1. The Hall–Kier alpha value is -7.92. The molecular weight excluding hydrogens is 953 g/mol. The van der Waals surface area contributed by atoms with Gasteiger partial charge in [-0.2, -0.15) is 46.5 Å². The predicted octanol–water partition coefficient (Wildman–Crippen LogP) is 7.28. The van der Waals surface area contributed by atoms with Crippen LogP contribution in [0.3, 0.4) is 0 Å². The topological polar surface area (TPSA) is 254 Å². The zero-order valence-corrected chi connectivity index (χ0v) is 35.4. The number of carbonyl (C=O) groups excluding carboxylic acids is 1. The molecule has 1 saturated heterocycles. The van der Waals surface area contributed by atoms with E-state index in [2.05, 4.69) is 69.7 Å². The maximum absolute atomic E-state index is 12.8. The van der Waals surface area contributed by atoms with Crippen molar-refractivity contribution in [1.29, 1.82) is 0 Å². The number of aromatic carboxylic acids is 1. The van der Waals surface area contributed by atoms with E-state index < -0.39 is 30.1 Å². The molecule has 0 aliphatic carbocycles. The highest BCUT2D eigenvalue weighted by atomic mass is 32.1. The third-order valence-corrected chi connectivity index (χ3v) is 11.3. The number of methoxy groups -OCH3 is 1. The Morgan fingerprint density at radius 2 is 1.19 bits per heavy atom. The monoisotopic (exact) mass is 983 g/mol. The van der Waals surface area contributed by atoms with Crippen molar-refractivity contribution in [2.45, 2.75) is 39.0 Å². The number of aromatic nitrogens is 12. The molecule has 1 N–H and O–H groups in total. The maximum Gasteiger partial charge on any atom is 0.471 e. The lowest BCUT2D eigenvalue weighted by Gasteiger charge is -2.38. The number of likely N-dealkylation sites (tertiary alicyclic amines) is 1. The van der Waals surface area contributed by atoms with Crippen LogP contribution in [0.25, 0.3) is 21.4 Å². The minimum atomic E-state index is -4.73. The van der Waals surface area contributed by atoms with E-state index in [1.165, 1.54) is 60.8 Å². The van der Waals surface area contributed by atoms with Crippen LogP contribution in [0.2, 0.25) is 0 Å². The van der Waals surface area contributed by atoms with Gasteiger partial charge in [-0.05, 0) is 36.4 Å². The summed E-state index contributed by atoms with van der Waals surface area (Å²) in [5.74, 6) is -3.22. The first-order chi connectivity index (χ1) is 32.1. The highest BCUT2D eigenvalue weighted by molar-refractivity contribution is 7.15. The van der Waals surface area contributed by atoms with Gasteiger partial charge in [0.2, 0.25) is 11.6 Å². The summed E-state index contributed by atoms with van der Waals surface area (Å²) in [5, 5.41) is 31.9. The van der Waals surface area contributed by atoms with E-state index in [9.17, 15) is 41.0 Å². The zero-order chi connectivity index (χ0) is 47.3. The van der Waals surface area contributed by atoms with Crippen LogP contribution in [0.4, 0.5) is 49.6 Å². The molecule has 1 aliphatic rings. The molecule has 29 heteroatoms. The van der Waals surface area contributed by atoms with Crippen LogP contribution >= 0.6 is 22.7 Å². The van der Waals surface area contributed by atoms with Crippen LogP contribution < -0.4 is 9.80 Å². The number of anilines is 4. The molecule has 9 heterocycles. The summed E-state index contributed by atoms with van der Waals surface area (Å²) in [6.45, 7) is 1.36. The van der Waals surface area contributed by atoms with E-state index in [0.29, 0.717) is 50.7 Å². The molecule has 0 unspecified atom stereocenters. The summed E-state index contributed by atoms with van der Waals surface area (Å²) in [4.78, 5) is 54.7. The summed E-state index contributed by atoms with van der Waals surface area (Å²) in [6, 6.07) is 9.48. The molecule has 352 valence electrons. The Balaban J connectivity index is 0.000000201. The number of hydrogen-bond acceptors (Lipinski definition) is 21. The van der Waals surface area contributed by atoms with Crippen molar-refractivity contribution in [2.24, 2.45) is 0 Å². The van der Waals surface area contributed by atoms with Gasteiger partial charge < -0.3 is 33.6 Å². The second kappa shape index (κ2) is 20.3. The van der Waals surface area contributed by atoms with Crippen molar-refractivity contribution in [3.63, 3.8) is 0 Å². The molecule has 0 aromatic carbocycles. The van der Waals surface area contributed by atoms with Crippen molar-refractivity contribution < 1.29 is 54.8 Å². The highest BCUT2D eigenvalue weighted by Gasteiger charge is 2.40. The van der Waals surface area contributed by atoms with Gasteiger partial charge in [0.25, 0.3) is 5.91 Å². The van der Waals surface area contributed by atoms with Crippen LogP contribution in [-0.4, -0.2) is 109 Å². The van der Waals surface area contributed by atoms with E-state index in [-0.39, 0.29) is 55.6 Å². The van der Waals surface area contributed by atoms with Gasteiger partial charge >= 0.3 is 30.1 Å². The lowest BCUT2D eigenvalue weighted by molar-refractivity contribution is -0.160. The Morgan fingerprint density at radius 1 is 0.721 bits per heavy atom. The largest absolute Gasteiger partial charge is 0.478 e. The molecular formula is C39H31F6N15O6S2. The molecule has 1 aliphatic heterocycles. The standard InChI is InChI=1S/C21H17F3N8O3S.C17H10F3N7O3S.CH4/c1-34-13-9-31(10-13)19(33)12-6-16(29-27-7-12)32(17-8-25-4-5-26-17)11-14-2-3-15(36-14)18-28-20(35-30-18)21(22,23)24;18-17(19,20)16-24-14(26-30-16)11-2-1-10(31-11)8-27(13-7-21-3-4-22-13)12-5-9(15(28)29)6-23-25-12;/h2-8,13H,9-11H2,1H3;1-7H,8H2,(H,28,29);1H4. The molecule has 9 rings (SSSR count). The minimum Gasteiger partial charge on any atom is -0.478 e. The fraction of sp³-hybridized carbons (Fsp3) is 0.231. The Bertz CT molecular complexity index is 2970. The van der Waals surface area contributed by atoms with Gasteiger partial charge in [0.05, 0.1) is 64.9 Å². The van der Waals surface area contributed by atoms with Gasteiger partial charge in [-0.15, -0.1) is 32.9 Å². The normalized spacial score (nSPS) is 12.7. The molecule has 8 aromatic heterocycles. The van der Waals surface area contributed by atoms with Gasteiger partial charge in [0.1, 0.15) is 0 Å². The average Bonchev–Trinajstić information content (AvgIpc) is 4.16. The number of amides is 1. The zero-order valence-electron chi connectivity index (χ0n) is 33.8. The second-order valence-electron chi connectivity index (χ2n) is 13.7. The number of halogens is 6. The van der Waals surface area contributed by atoms with Crippen LogP contribution in [0.5, 0.6) is 0 Å². The number of alkyl halides is 6. The number of carbonyl (C=O) groups is 2.